The molecule has 15 heteroatoms. The zero-order chi connectivity index (χ0) is 50.6. The van der Waals surface area contributed by atoms with E-state index in [2.05, 4.69) is 81.3 Å². The van der Waals surface area contributed by atoms with Crippen molar-refractivity contribution in [2.45, 2.75) is 128 Å². The first-order valence-electron chi connectivity index (χ1n) is 23.9. The molecule has 1 aliphatic carbocycles. The van der Waals surface area contributed by atoms with Crippen LogP contribution in [0.1, 0.15) is 116 Å². The first-order valence-corrected chi connectivity index (χ1v) is 25.1. The number of carbonyl (C=O) groups excluding carboxylic acids is 3. The summed E-state index contributed by atoms with van der Waals surface area (Å²) in [5.74, 6) is -0.535. The van der Waals surface area contributed by atoms with E-state index in [4.69, 9.17) is 34.8 Å². The molecular weight excluding hydrogens is 893 g/mol. The molecule has 0 unspecified atom stereocenters. The number of thiocarbonyl (C=S) groups is 1. The number of hydrogen-bond acceptors (Lipinski definition) is 12. The van der Waals surface area contributed by atoms with Crippen molar-refractivity contribution in [3.63, 3.8) is 0 Å². The second kappa shape index (κ2) is 25.4. The van der Waals surface area contributed by atoms with Gasteiger partial charge in [0.2, 0.25) is 0 Å². The molecule has 13 nitrogen and oxygen atoms in total. The summed E-state index contributed by atoms with van der Waals surface area (Å²) in [5, 5.41) is 4.49. The van der Waals surface area contributed by atoms with E-state index in [1.54, 1.807) is 4.90 Å². The van der Waals surface area contributed by atoms with Crippen LogP contribution in [-0.4, -0.2) is 117 Å². The molecule has 368 valence electrons. The maximum atomic E-state index is 12.5. The van der Waals surface area contributed by atoms with Crippen LogP contribution in [0.25, 0.3) is 9.69 Å². The van der Waals surface area contributed by atoms with Gasteiger partial charge in [-0.3, -0.25) is 24.3 Å². The van der Waals surface area contributed by atoms with Crippen LogP contribution in [0.15, 0.2) is 104 Å². The Labute approximate surface area is 416 Å². The fourth-order valence-corrected chi connectivity index (χ4v) is 10.4. The number of ether oxygens (including phenoxy) is 2. The Morgan fingerprint density at radius 2 is 1.16 bits per heavy atom. The summed E-state index contributed by atoms with van der Waals surface area (Å²) in [7, 11) is 2.13. The molecule has 0 atom stereocenters. The molecule has 0 N–H and O–H groups in total. The van der Waals surface area contributed by atoms with E-state index in [0.717, 1.165) is 59.4 Å². The lowest BCUT2D eigenvalue weighted by atomic mass is 10.0. The number of hydrogen-bond donors (Lipinski definition) is 0. The summed E-state index contributed by atoms with van der Waals surface area (Å²) < 4.78 is 11.1. The molecule has 68 heavy (non-hydrogen) atoms. The molecule has 3 fully saturated rings. The standard InChI is InChI=1S/C19H28N4O2.C17H24N2O2.C17H22N2OS2/c1-14(2)13-25-19(24)18(20-5)17-11-15(3)23(16(4)12-17)22-9-7-21(6)8-10-22;1-11(2)10-21-17(20)16(18-7)15-8-13(5)19(12(3)4)14(6)9-15;1-4-18-16(20)15(22-17(18)21)13-9-11(2)19(12(3)10-13)14-7-5-6-8-14/h11-12,14H,7-10,13H2,1-4,6H3;8-9,11-12H,10H2,1-6H3;9-10,14H,4-8H2,1-3H3. The number of esters is 2. The van der Waals surface area contributed by atoms with E-state index < -0.39 is 11.9 Å². The number of rotatable bonds is 10. The Kier molecular flexibility index (Phi) is 20.7. The predicted octanol–water partition coefficient (Wildman–Crippen LogP) is 10.7. The third kappa shape index (κ3) is 14.2. The minimum absolute atomic E-state index is 0.0508. The van der Waals surface area contributed by atoms with Gasteiger partial charge >= 0.3 is 11.9 Å². The van der Waals surface area contributed by atoms with Gasteiger partial charge in [-0.2, -0.15) is 0 Å². The molecule has 0 aromatic rings. The minimum Gasteiger partial charge on any atom is -0.470 e. The maximum Gasteiger partial charge on any atom is 0.336 e. The van der Waals surface area contributed by atoms with Crippen LogP contribution >= 0.6 is 24.0 Å². The number of likely N-dealkylation sites (N-methyl/N-ethyl adjacent to an activating group) is 2. The summed E-state index contributed by atoms with van der Waals surface area (Å²) >= 11 is 6.74. The highest BCUT2D eigenvalue weighted by molar-refractivity contribution is 8.26. The van der Waals surface area contributed by atoms with E-state index in [1.165, 1.54) is 48.8 Å². The molecular formula is C53H74N8O5S2. The first-order chi connectivity index (χ1) is 32.1. The fourth-order valence-electron chi connectivity index (χ4n) is 9.03. The zero-order valence-corrected chi connectivity index (χ0v) is 44.6. The molecule has 0 aromatic carbocycles. The van der Waals surface area contributed by atoms with E-state index in [0.29, 0.717) is 47.3 Å². The fraction of sp³-hybridized carbons (Fsp3) is 0.547. The lowest BCUT2D eigenvalue weighted by Crippen LogP contribution is -2.51. The molecule has 1 amide bonds. The van der Waals surface area contributed by atoms with Gasteiger partial charge in [0.05, 0.1) is 31.3 Å². The molecule has 0 radical (unpaired) electrons. The van der Waals surface area contributed by atoms with Gasteiger partial charge in [0, 0.05) is 79.0 Å². The average Bonchev–Trinajstić information content (AvgIpc) is 3.89. The molecule has 5 heterocycles. The summed E-state index contributed by atoms with van der Waals surface area (Å²) in [6, 6.07) is 0.961. The largest absolute Gasteiger partial charge is 0.470 e. The number of nitrogens with zero attached hydrogens (tertiary/aromatic N) is 8. The molecule has 5 aliphatic heterocycles. The first kappa shape index (κ1) is 55.4. The van der Waals surface area contributed by atoms with Crippen molar-refractivity contribution in [1.82, 2.24) is 29.6 Å². The van der Waals surface area contributed by atoms with Crippen LogP contribution in [-0.2, 0) is 23.9 Å². The van der Waals surface area contributed by atoms with E-state index in [9.17, 15) is 14.4 Å². The lowest BCUT2D eigenvalue weighted by molar-refractivity contribution is -0.140. The van der Waals surface area contributed by atoms with Crippen molar-refractivity contribution >= 4 is 46.1 Å². The maximum absolute atomic E-state index is 12.5. The van der Waals surface area contributed by atoms with Crippen LogP contribution in [0.5, 0.6) is 0 Å². The second-order valence-electron chi connectivity index (χ2n) is 19.1. The number of amides is 1. The normalized spacial score (nSPS) is 19.3. The molecule has 1 saturated carbocycles. The zero-order valence-electron chi connectivity index (χ0n) is 43.0. The topological polar surface area (TPSA) is 97.8 Å². The summed E-state index contributed by atoms with van der Waals surface area (Å²) in [6.07, 6.45) is 17.0. The smallest absolute Gasteiger partial charge is 0.336 e. The number of allylic oxidation sites excluding steroid dienone is 15. The van der Waals surface area contributed by atoms with Crippen LogP contribution < -0.4 is 0 Å². The quantitative estimate of drug-likeness (QED) is 0.0902. The highest BCUT2D eigenvalue weighted by Crippen LogP contribution is 2.39. The van der Waals surface area contributed by atoms with Gasteiger partial charge in [-0.25, -0.2) is 14.7 Å². The minimum atomic E-state index is -0.542. The average molecular weight is 967 g/mol. The Bertz CT molecular complexity index is 2250. The van der Waals surface area contributed by atoms with Gasteiger partial charge in [-0.05, 0) is 147 Å². The second-order valence-corrected chi connectivity index (χ2v) is 20.7. The summed E-state index contributed by atoms with van der Waals surface area (Å²) in [6.45, 7) is 46.2. The van der Waals surface area contributed by atoms with E-state index >= 15 is 0 Å². The van der Waals surface area contributed by atoms with Crippen LogP contribution in [0.3, 0.4) is 0 Å². The van der Waals surface area contributed by atoms with Crippen molar-refractivity contribution in [2.24, 2.45) is 11.8 Å². The Morgan fingerprint density at radius 3 is 1.54 bits per heavy atom. The molecule has 0 spiro atoms. The Morgan fingerprint density at radius 1 is 0.721 bits per heavy atom. The van der Waals surface area contributed by atoms with E-state index in [1.807, 2.05) is 86.6 Å². The third-order valence-electron chi connectivity index (χ3n) is 12.0. The van der Waals surface area contributed by atoms with Gasteiger partial charge in [-0.1, -0.05) is 64.5 Å². The number of hydrazine groups is 1. The molecule has 6 rings (SSSR count). The highest BCUT2D eigenvalue weighted by atomic mass is 32.2. The lowest BCUT2D eigenvalue weighted by Gasteiger charge is -2.43. The monoisotopic (exact) mass is 967 g/mol. The number of thioether (sulfide) groups is 1. The van der Waals surface area contributed by atoms with Crippen molar-refractivity contribution in [2.75, 3.05) is 53.0 Å². The SMILES string of the molecule is CCN1C(=O)C(=C2C=C(C)N(C3CCCC3)C(C)=C2)SC1=S.[C-]#[N+]C(C(=O)OCC(C)C)=C1C=C(C)N(C(C)C)C(C)=C1.[C-]#[N+]C(C(=O)OCC(C)C)=C1C=C(C)N(N2CCN(C)CC2)C(C)=C1. The van der Waals surface area contributed by atoms with Crippen molar-refractivity contribution in [3.05, 3.63) is 126 Å². The molecule has 2 saturated heterocycles. The molecule has 0 aromatic heterocycles. The summed E-state index contributed by atoms with van der Waals surface area (Å²) in [5.41, 5.74) is 8.93. The van der Waals surface area contributed by atoms with Crippen molar-refractivity contribution in [3.8, 4) is 0 Å². The number of carbonyl (C=O) groups is 3. The Hall–Kier alpha value is -5.19. The van der Waals surface area contributed by atoms with Crippen LogP contribution in [0.4, 0.5) is 0 Å². The van der Waals surface area contributed by atoms with Crippen LogP contribution in [0, 0.1) is 25.0 Å². The van der Waals surface area contributed by atoms with Gasteiger partial charge in [0.1, 0.15) is 4.32 Å². The van der Waals surface area contributed by atoms with Gasteiger partial charge < -0.3 is 24.2 Å². The van der Waals surface area contributed by atoms with Crippen molar-refractivity contribution < 1.29 is 23.9 Å². The highest BCUT2D eigenvalue weighted by Gasteiger charge is 2.34. The molecule has 6 aliphatic rings. The van der Waals surface area contributed by atoms with Gasteiger partial charge in [0.25, 0.3) is 17.3 Å². The van der Waals surface area contributed by atoms with Gasteiger partial charge in [-0.15, -0.1) is 0 Å². The van der Waals surface area contributed by atoms with Crippen LogP contribution in [0.2, 0.25) is 0 Å². The molecule has 0 bridgehead atoms. The van der Waals surface area contributed by atoms with Crippen molar-refractivity contribution in [1.29, 1.82) is 0 Å². The third-order valence-corrected chi connectivity index (χ3v) is 13.5. The predicted molar refractivity (Wildman–Crippen MR) is 278 cm³/mol. The van der Waals surface area contributed by atoms with E-state index in [-0.39, 0.29) is 29.1 Å². The van der Waals surface area contributed by atoms with Gasteiger partial charge in [0.15, 0.2) is 0 Å². The summed E-state index contributed by atoms with van der Waals surface area (Å²) in [4.78, 5) is 52.9. The Balaban J connectivity index is 0.000000223. The number of piperazine rings is 1.